The van der Waals surface area contributed by atoms with Crippen molar-refractivity contribution < 1.29 is 4.42 Å². The van der Waals surface area contributed by atoms with Gasteiger partial charge in [0.05, 0.1) is 6.26 Å². The van der Waals surface area contributed by atoms with Crippen LogP contribution in [0, 0.1) is 5.92 Å². The third kappa shape index (κ3) is 3.61. The molecule has 0 aromatic carbocycles. The van der Waals surface area contributed by atoms with Crippen LogP contribution in [0.5, 0.6) is 0 Å². The number of nitrogens with zero attached hydrogens (tertiary/aromatic N) is 3. The second-order valence-electron chi connectivity index (χ2n) is 5.22. The number of likely N-dealkylation sites (N-methyl/N-ethyl adjacent to an activating group) is 1. The molecule has 0 amide bonds. The predicted molar refractivity (Wildman–Crippen MR) is 78.7 cm³/mol. The van der Waals surface area contributed by atoms with Gasteiger partial charge in [-0.25, -0.2) is 9.67 Å². The Labute approximate surface area is 124 Å². The molecule has 0 radical (unpaired) electrons. The molecule has 0 saturated carbocycles. The molecule has 0 bridgehead atoms. The molecule has 2 aromatic rings. The minimum atomic E-state index is 0.0846. The van der Waals surface area contributed by atoms with Crippen LogP contribution in [0.25, 0.3) is 0 Å². The highest BCUT2D eigenvalue weighted by atomic mass is 35.5. The van der Waals surface area contributed by atoms with Gasteiger partial charge in [0, 0.05) is 24.6 Å². The predicted octanol–water partition coefficient (Wildman–Crippen LogP) is 3.07. The monoisotopic (exact) mass is 296 g/mol. The number of hydrogen-bond acceptors (Lipinski definition) is 4. The lowest BCUT2D eigenvalue weighted by atomic mass is 10.1. The van der Waals surface area contributed by atoms with Gasteiger partial charge in [-0.1, -0.05) is 20.8 Å². The minimum Gasteiger partial charge on any atom is -0.453 e. The van der Waals surface area contributed by atoms with Gasteiger partial charge < -0.3 is 9.73 Å². The van der Waals surface area contributed by atoms with Crippen molar-refractivity contribution in [3.63, 3.8) is 0 Å². The van der Waals surface area contributed by atoms with Gasteiger partial charge in [-0.15, -0.1) is 0 Å². The summed E-state index contributed by atoms with van der Waals surface area (Å²) in [6.45, 7) is 8.12. The first-order valence-electron chi connectivity index (χ1n) is 6.94. The molecule has 0 aliphatic rings. The Kier molecular flexibility index (Phi) is 5.20. The first-order chi connectivity index (χ1) is 9.61. The zero-order chi connectivity index (χ0) is 14.5. The van der Waals surface area contributed by atoms with Gasteiger partial charge in [-0.05, 0) is 30.1 Å². The Morgan fingerprint density at radius 1 is 1.45 bits per heavy atom. The van der Waals surface area contributed by atoms with E-state index in [0.29, 0.717) is 11.1 Å². The number of nitrogens with one attached hydrogen (secondary N) is 1. The SMILES string of the molecule is CCNC(Cc1ncnn1CC(C)C)c1ccoc1Cl. The summed E-state index contributed by atoms with van der Waals surface area (Å²) >= 11 is 6.09. The molecule has 0 aliphatic heterocycles. The van der Waals surface area contributed by atoms with E-state index in [0.717, 1.165) is 30.9 Å². The lowest BCUT2D eigenvalue weighted by Crippen LogP contribution is -2.24. The van der Waals surface area contributed by atoms with Crippen LogP contribution in [0.4, 0.5) is 0 Å². The molecule has 1 unspecified atom stereocenters. The zero-order valence-corrected chi connectivity index (χ0v) is 12.9. The van der Waals surface area contributed by atoms with Gasteiger partial charge in [-0.3, -0.25) is 0 Å². The van der Waals surface area contributed by atoms with Crippen LogP contribution in [0.3, 0.4) is 0 Å². The molecular weight excluding hydrogens is 276 g/mol. The molecule has 2 heterocycles. The van der Waals surface area contributed by atoms with Gasteiger partial charge in [0.1, 0.15) is 12.2 Å². The van der Waals surface area contributed by atoms with Gasteiger partial charge in [0.2, 0.25) is 0 Å². The topological polar surface area (TPSA) is 55.9 Å². The molecule has 0 fully saturated rings. The van der Waals surface area contributed by atoms with Crippen molar-refractivity contribution >= 4 is 11.6 Å². The fraction of sp³-hybridized carbons (Fsp3) is 0.571. The Morgan fingerprint density at radius 2 is 2.25 bits per heavy atom. The largest absolute Gasteiger partial charge is 0.453 e. The summed E-state index contributed by atoms with van der Waals surface area (Å²) in [6.07, 6.45) is 3.96. The Morgan fingerprint density at radius 3 is 2.85 bits per heavy atom. The summed E-state index contributed by atoms with van der Waals surface area (Å²) in [5, 5.41) is 8.15. The van der Waals surface area contributed by atoms with Crippen molar-refractivity contribution in [3.05, 3.63) is 35.3 Å². The number of hydrogen-bond donors (Lipinski definition) is 1. The molecular formula is C14H21ClN4O. The molecule has 1 atom stereocenters. The van der Waals surface area contributed by atoms with E-state index in [4.69, 9.17) is 16.0 Å². The lowest BCUT2D eigenvalue weighted by molar-refractivity contribution is 0.445. The second kappa shape index (κ2) is 6.90. The molecule has 20 heavy (non-hydrogen) atoms. The van der Waals surface area contributed by atoms with E-state index in [2.05, 4.69) is 36.2 Å². The smallest absolute Gasteiger partial charge is 0.197 e. The first-order valence-corrected chi connectivity index (χ1v) is 7.32. The number of halogens is 1. The van der Waals surface area contributed by atoms with Gasteiger partial charge in [-0.2, -0.15) is 5.10 Å². The molecule has 6 heteroatoms. The van der Waals surface area contributed by atoms with E-state index in [-0.39, 0.29) is 6.04 Å². The van der Waals surface area contributed by atoms with Crippen LogP contribution in [0.15, 0.2) is 23.1 Å². The molecule has 2 rings (SSSR count). The van der Waals surface area contributed by atoms with E-state index in [1.165, 1.54) is 0 Å². The van der Waals surface area contributed by atoms with Crippen molar-refractivity contribution in [2.45, 2.75) is 39.8 Å². The number of furan rings is 1. The minimum absolute atomic E-state index is 0.0846. The molecule has 0 aliphatic carbocycles. The first kappa shape index (κ1) is 15.1. The van der Waals surface area contributed by atoms with E-state index in [1.54, 1.807) is 12.6 Å². The number of rotatable bonds is 7. The maximum absolute atomic E-state index is 6.09. The summed E-state index contributed by atoms with van der Waals surface area (Å²) in [4.78, 5) is 4.37. The standard InChI is InChI=1S/C14H21ClN4O/c1-4-16-12(11-5-6-20-14(11)15)7-13-17-9-18-19(13)8-10(2)3/h5-6,9-10,12,16H,4,7-8H2,1-3H3. The van der Waals surface area contributed by atoms with Crippen molar-refractivity contribution in [1.29, 1.82) is 0 Å². The lowest BCUT2D eigenvalue weighted by Gasteiger charge is -2.17. The maximum atomic E-state index is 6.09. The number of aromatic nitrogens is 3. The summed E-state index contributed by atoms with van der Waals surface area (Å²) in [7, 11) is 0. The van der Waals surface area contributed by atoms with Crippen LogP contribution >= 0.6 is 11.6 Å². The third-order valence-corrected chi connectivity index (χ3v) is 3.40. The molecule has 0 saturated heterocycles. The third-order valence-electron chi connectivity index (χ3n) is 3.09. The van der Waals surface area contributed by atoms with Crippen molar-refractivity contribution in [3.8, 4) is 0 Å². The van der Waals surface area contributed by atoms with E-state index in [1.807, 2.05) is 10.7 Å². The molecule has 0 spiro atoms. The van der Waals surface area contributed by atoms with Gasteiger partial charge in [0.15, 0.2) is 5.22 Å². The Hall–Kier alpha value is -1.33. The highest BCUT2D eigenvalue weighted by molar-refractivity contribution is 6.29. The average Bonchev–Trinajstić information content (AvgIpc) is 2.98. The average molecular weight is 297 g/mol. The fourth-order valence-corrected chi connectivity index (χ4v) is 2.47. The second-order valence-corrected chi connectivity index (χ2v) is 5.56. The van der Waals surface area contributed by atoms with E-state index >= 15 is 0 Å². The van der Waals surface area contributed by atoms with Crippen molar-refractivity contribution in [2.24, 2.45) is 5.92 Å². The molecule has 5 nitrogen and oxygen atoms in total. The van der Waals surface area contributed by atoms with Gasteiger partial charge >= 0.3 is 0 Å². The summed E-state index contributed by atoms with van der Waals surface area (Å²) in [5.74, 6) is 1.49. The Balaban J connectivity index is 2.17. The van der Waals surface area contributed by atoms with Crippen LogP contribution in [-0.2, 0) is 13.0 Å². The van der Waals surface area contributed by atoms with Crippen molar-refractivity contribution in [1.82, 2.24) is 20.1 Å². The van der Waals surface area contributed by atoms with Crippen molar-refractivity contribution in [2.75, 3.05) is 6.54 Å². The van der Waals surface area contributed by atoms with Crippen LogP contribution in [0.2, 0.25) is 5.22 Å². The van der Waals surface area contributed by atoms with Crippen LogP contribution in [0.1, 0.15) is 38.2 Å². The van der Waals surface area contributed by atoms with Crippen LogP contribution in [-0.4, -0.2) is 21.3 Å². The van der Waals surface area contributed by atoms with Crippen LogP contribution < -0.4 is 5.32 Å². The zero-order valence-electron chi connectivity index (χ0n) is 12.1. The quantitative estimate of drug-likeness (QED) is 0.853. The highest BCUT2D eigenvalue weighted by Gasteiger charge is 2.19. The Bertz CT molecular complexity index is 535. The summed E-state index contributed by atoms with van der Waals surface area (Å²) in [5.41, 5.74) is 0.965. The molecule has 2 aromatic heterocycles. The summed E-state index contributed by atoms with van der Waals surface area (Å²) in [6, 6.07) is 1.99. The molecule has 1 N–H and O–H groups in total. The van der Waals surface area contributed by atoms with E-state index < -0.39 is 0 Å². The maximum Gasteiger partial charge on any atom is 0.197 e. The van der Waals surface area contributed by atoms with Gasteiger partial charge in [0.25, 0.3) is 0 Å². The fourth-order valence-electron chi connectivity index (χ4n) is 2.22. The normalized spacial score (nSPS) is 13.1. The molecule has 110 valence electrons. The summed E-state index contributed by atoms with van der Waals surface area (Å²) < 4.78 is 7.15. The van der Waals surface area contributed by atoms with E-state index in [9.17, 15) is 0 Å². The highest BCUT2D eigenvalue weighted by Crippen LogP contribution is 2.26.